The normalized spacial score (nSPS) is 9.54. The van der Waals surface area contributed by atoms with Gasteiger partial charge >= 0.3 is 0 Å². The molecule has 0 aromatic carbocycles. The first-order chi connectivity index (χ1) is 6.33. The van der Waals surface area contributed by atoms with Crippen LogP contribution in [-0.2, 0) is 0 Å². The Morgan fingerprint density at radius 1 is 1.62 bits per heavy atom. The molecule has 0 saturated heterocycles. The zero-order chi connectivity index (χ0) is 9.52. The largest absolute Gasteiger partial charge is 0.231 e. The Balaban J connectivity index is 2.33. The van der Waals surface area contributed by atoms with Crippen molar-refractivity contribution in [3.05, 3.63) is 18.0 Å². The first kappa shape index (κ1) is 10.0. The zero-order valence-electron chi connectivity index (χ0n) is 7.53. The van der Waals surface area contributed by atoms with Crippen molar-refractivity contribution in [3.8, 4) is 6.07 Å². The summed E-state index contributed by atoms with van der Waals surface area (Å²) in [6.07, 6.45) is 3.27. The Labute approximate surface area is 82.2 Å². The lowest BCUT2D eigenvalue weighted by atomic mass is 10.4. The molecule has 68 valence electrons. The first-order valence-corrected chi connectivity index (χ1v) is 5.11. The van der Waals surface area contributed by atoms with E-state index in [1.54, 1.807) is 18.0 Å². The van der Waals surface area contributed by atoms with Crippen LogP contribution in [0.25, 0.3) is 0 Å². The van der Waals surface area contributed by atoms with Gasteiger partial charge in [-0.3, -0.25) is 0 Å². The summed E-state index contributed by atoms with van der Waals surface area (Å²) in [5.74, 6) is 0.914. The van der Waals surface area contributed by atoms with Crippen LogP contribution < -0.4 is 0 Å². The Morgan fingerprint density at radius 2 is 2.46 bits per heavy atom. The first-order valence-electron chi connectivity index (χ1n) is 4.12. The summed E-state index contributed by atoms with van der Waals surface area (Å²) in [5.41, 5.74) is 0.984. The Bertz CT molecular complexity index is 306. The Kier molecular flexibility index (Phi) is 4.27. The summed E-state index contributed by atoms with van der Waals surface area (Å²) < 4.78 is 0. The van der Waals surface area contributed by atoms with Gasteiger partial charge in [0.05, 0.1) is 6.07 Å². The van der Waals surface area contributed by atoms with Gasteiger partial charge in [0.15, 0.2) is 5.16 Å². The van der Waals surface area contributed by atoms with E-state index in [2.05, 4.69) is 16.0 Å². The zero-order valence-corrected chi connectivity index (χ0v) is 8.34. The summed E-state index contributed by atoms with van der Waals surface area (Å²) in [7, 11) is 0. The highest BCUT2D eigenvalue weighted by molar-refractivity contribution is 7.99. The van der Waals surface area contributed by atoms with Crippen LogP contribution in [0.1, 0.15) is 18.5 Å². The maximum Gasteiger partial charge on any atom is 0.187 e. The third-order valence-electron chi connectivity index (χ3n) is 1.44. The maximum atomic E-state index is 8.32. The van der Waals surface area contributed by atoms with Crippen LogP contribution in [0.15, 0.2) is 17.4 Å². The molecular formula is C9H11N3S. The number of rotatable bonds is 4. The second-order valence-electron chi connectivity index (χ2n) is 2.59. The molecule has 0 aliphatic carbocycles. The number of unbranched alkanes of at least 4 members (excludes halogenated alkanes) is 1. The van der Waals surface area contributed by atoms with Crippen molar-refractivity contribution >= 4 is 11.8 Å². The predicted octanol–water partition coefficient (Wildman–Crippen LogP) is 2.18. The molecule has 0 atom stereocenters. The lowest BCUT2D eigenvalue weighted by Gasteiger charge is -1.98. The van der Waals surface area contributed by atoms with Crippen LogP contribution in [0.5, 0.6) is 0 Å². The number of nitriles is 1. The molecule has 0 aliphatic rings. The van der Waals surface area contributed by atoms with E-state index < -0.39 is 0 Å². The van der Waals surface area contributed by atoms with E-state index in [0.717, 1.165) is 23.0 Å². The van der Waals surface area contributed by atoms with Crippen molar-refractivity contribution < 1.29 is 0 Å². The quantitative estimate of drug-likeness (QED) is 0.418. The van der Waals surface area contributed by atoms with Crippen LogP contribution in [0.3, 0.4) is 0 Å². The number of hydrogen-bond donors (Lipinski definition) is 0. The minimum absolute atomic E-state index is 0.610. The van der Waals surface area contributed by atoms with Crippen LogP contribution in [0.2, 0.25) is 0 Å². The van der Waals surface area contributed by atoms with E-state index in [4.69, 9.17) is 5.26 Å². The van der Waals surface area contributed by atoms with Gasteiger partial charge in [0.1, 0.15) is 0 Å². The summed E-state index contributed by atoms with van der Waals surface area (Å²) in [6, 6.07) is 3.99. The number of thioether (sulfide) groups is 1. The fourth-order valence-corrected chi connectivity index (χ4v) is 1.63. The molecule has 0 fully saturated rings. The summed E-state index contributed by atoms with van der Waals surface area (Å²) in [4.78, 5) is 8.35. The fraction of sp³-hybridized carbons (Fsp3) is 0.444. The van der Waals surface area contributed by atoms with Gasteiger partial charge in [-0.05, 0) is 19.4 Å². The van der Waals surface area contributed by atoms with E-state index >= 15 is 0 Å². The smallest absolute Gasteiger partial charge is 0.187 e. The lowest BCUT2D eigenvalue weighted by Crippen LogP contribution is -1.89. The van der Waals surface area contributed by atoms with Gasteiger partial charge in [0.25, 0.3) is 0 Å². The van der Waals surface area contributed by atoms with E-state index in [0.29, 0.717) is 6.42 Å². The van der Waals surface area contributed by atoms with E-state index in [-0.39, 0.29) is 0 Å². The third kappa shape index (κ3) is 3.90. The minimum Gasteiger partial charge on any atom is -0.231 e. The predicted molar refractivity (Wildman–Crippen MR) is 52.3 cm³/mol. The molecule has 1 aromatic heterocycles. The molecule has 3 nitrogen and oxygen atoms in total. The molecule has 0 unspecified atom stereocenters. The fourth-order valence-electron chi connectivity index (χ4n) is 0.810. The standard InChI is InChI=1S/C9H11N3S/c1-8-4-6-11-9(12-8)13-7-3-2-5-10/h4,6H,2-3,7H2,1H3. The monoisotopic (exact) mass is 193 g/mol. The highest BCUT2D eigenvalue weighted by Crippen LogP contribution is 2.13. The molecule has 1 heterocycles. The maximum absolute atomic E-state index is 8.32. The number of nitrogens with zero attached hydrogens (tertiary/aromatic N) is 3. The molecule has 13 heavy (non-hydrogen) atoms. The highest BCUT2D eigenvalue weighted by Gasteiger charge is 1.96. The van der Waals surface area contributed by atoms with Crippen molar-refractivity contribution in [2.75, 3.05) is 5.75 Å². The van der Waals surface area contributed by atoms with Gasteiger partial charge < -0.3 is 0 Å². The Hall–Kier alpha value is -1.08. The van der Waals surface area contributed by atoms with Crippen molar-refractivity contribution in [3.63, 3.8) is 0 Å². The van der Waals surface area contributed by atoms with E-state index in [1.807, 2.05) is 13.0 Å². The lowest BCUT2D eigenvalue weighted by molar-refractivity contribution is 0.920. The molecule has 0 aliphatic heterocycles. The molecule has 1 rings (SSSR count). The molecular weight excluding hydrogens is 182 g/mol. The summed E-state index contributed by atoms with van der Waals surface area (Å²) >= 11 is 1.60. The van der Waals surface area contributed by atoms with Crippen molar-refractivity contribution in [2.24, 2.45) is 0 Å². The molecule has 0 spiro atoms. The second-order valence-corrected chi connectivity index (χ2v) is 3.65. The average Bonchev–Trinajstić information content (AvgIpc) is 2.13. The second kappa shape index (κ2) is 5.55. The van der Waals surface area contributed by atoms with Gasteiger partial charge in [-0.15, -0.1) is 0 Å². The summed E-state index contributed by atoms with van der Waals surface area (Å²) in [6.45, 7) is 1.95. The van der Waals surface area contributed by atoms with Crippen LogP contribution >= 0.6 is 11.8 Å². The number of hydrogen-bond acceptors (Lipinski definition) is 4. The van der Waals surface area contributed by atoms with Crippen LogP contribution in [0.4, 0.5) is 0 Å². The Morgan fingerprint density at radius 3 is 3.15 bits per heavy atom. The van der Waals surface area contributed by atoms with Gasteiger partial charge in [-0.1, -0.05) is 11.8 Å². The number of aromatic nitrogens is 2. The number of aryl methyl sites for hydroxylation is 1. The van der Waals surface area contributed by atoms with Crippen molar-refractivity contribution in [1.82, 2.24) is 9.97 Å². The summed E-state index contributed by atoms with van der Waals surface area (Å²) in [5, 5.41) is 9.12. The van der Waals surface area contributed by atoms with Crippen molar-refractivity contribution in [1.29, 1.82) is 5.26 Å². The molecule has 0 amide bonds. The van der Waals surface area contributed by atoms with Crippen molar-refractivity contribution in [2.45, 2.75) is 24.9 Å². The third-order valence-corrected chi connectivity index (χ3v) is 2.38. The SMILES string of the molecule is Cc1ccnc(SCCCC#N)n1. The topological polar surface area (TPSA) is 49.6 Å². The molecule has 1 aromatic rings. The van der Waals surface area contributed by atoms with Gasteiger partial charge in [0.2, 0.25) is 0 Å². The molecule has 0 bridgehead atoms. The average molecular weight is 193 g/mol. The van der Waals surface area contributed by atoms with E-state index in [1.165, 1.54) is 0 Å². The molecule has 0 radical (unpaired) electrons. The van der Waals surface area contributed by atoms with Gasteiger partial charge in [-0.25, -0.2) is 9.97 Å². The minimum atomic E-state index is 0.610. The van der Waals surface area contributed by atoms with E-state index in [9.17, 15) is 0 Å². The van der Waals surface area contributed by atoms with Gasteiger partial charge in [-0.2, -0.15) is 5.26 Å². The van der Waals surface area contributed by atoms with Crippen LogP contribution in [0, 0.1) is 18.3 Å². The molecule has 4 heteroatoms. The van der Waals surface area contributed by atoms with Crippen LogP contribution in [-0.4, -0.2) is 15.7 Å². The molecule has 0 N–H and O–H groups in total. The van der Waals surface area contributed by atoms with Gasteiger partial charge in [0, 0.05) is 24.1 Å². The molecule has 0 saturated carbocycles. The highest BCUT2D eigenvalue weighted by atomic mass is 32.2.